The minimum atomic E-state index is -0.191. The van der Waals surface area contributed by atoms with E-state index in [1.807, 2.05) is 4.90 Å². The van der Waals surface area contributed by atoms with Crippen LogP contribution in [0.4, 0.5) is 0 Å². The molecular weight excluding hydrogens is 302 g/mol. The van der Waals surface area contributed by atoms with E-state index in [0.29, 0.717) is 10.6 Å². The molecule has 4 rings (SSSR count). The monoisotopic (exact) mass is 315 g/mol. The Labute approximate surface area is 132 Å². The normalized spacial score (nSPS) is 26.4. The number of halogens is 1. The second-order valence-corrected chi connectivity index (χ2v) is 6.32. The van der Waals surface area contributed by atoms with Crippen molar-refractivity contribution in [1.29, 1.82) is 5.26 Å². The van der Waals surface area contributed by atoms with Gasteiger partial charge in [0.2, 0.25) is 0 Å². The van der Waals surface area contributed by atoms with Gasteiger partial charge in [0.15, 0.2) is 6.19 Å². The van der Waals surface area contributed by atoms with E-state index < -0.39 is 0 Å². The number of H-pyrrole nitrogens is 1. The van der Waals surface area contributed by atoms with Crippen molar-refractivity contribution < 1.29 is 4.79 Å². The Kier molecular flexibility index (Phi) is 2.98. The number of aromatic nitrogens is 2. The number of benzene rings is 1. The molecule has 3 heterocycles. The number of amides is 1. The van der Waals surface area contributed by atoms with Crippen molar-refractivity contribution in [3.05, 3.63) is 28.9 Å². The fourth-order valence-corrected chi connectivity index (χ4v) is 3.93. The summed E-state index contributed by atoms with van der Waals surface area (Å²) < 4.78 is 0. The van der Waals surface area contributed by atoms with E-state index in [9.17, 15) is 10.1 Å². The molecule has 7 heteroatoms. The van der Waals surface area contributed by atoms with Crippen molar-refractivity contribution in [2.45, 2.75) is 37.4 Å². The Hall–Kier alpha value is -2.26. The lowest BCUT2D eigenvalue weighted by molar-refractivity contribution is 0.0928. The van der Waals surface area contributed by atoms with E-state index in [4.69, 9.17) is 11.6 Å². The highest BCUT2D eigenvalue weighted by Crippen LogP contribution is 2.37. The molecule has 112 valence electrons. The molecule has 0 radical (unpaired) electrons. The maximum Gasteiger partial charge on any atom is 0.253 e. The predicted molar refractivity (Wildman–Crippen MR) is 81.2 cm³/mol. The first-order chi connectivity index (χ1) is 10.7. The Morgan fingerprint density at radius 2 is 2.36 bits per heavy atom. The fourth-order valence-electron chi connectivity index (χ4n) is 3.68. The third kappa shape index (κ3) is 1.93. The number of carbonyl (C=O) groups excluding carboxylic acids is 1. The first kappa shape index (κ1) is 13.4. The molecule has 1 aromatic carbocycles. The van der Waals surface area contributed by atoms with E-state index in [2.05, 4.69) is 21.7 Å². The largest absolute Gasteiger partial charge is 0.347 e. The van der Waals surface area contributed by atoms with Gasteiger partial charge < -0.3 is 10.2 Å². The van der Waals surface area contributed by atoms with Crippen LogP contribution in [0.5, 0.6) is 0 Å². The average Bonchev–Trinajstić information content (AvgIpc) is 3.18. The number of fused-ring (bicyclic) bond motifs is 3. The van der Waals surface area contributed by atoms with Crippen molar-refractivity contribution in [1.82, 2.24) is 20.4 Å². The molecule has 0 aliphatic carbocycles. The lowest BCUT2D eigenvalue weighted by Gasteiger charge is -2.22. The number of nitrogens with one attached hydrogen (secondary N) is 2. The first-order valence-electron chi connectivity index (χ1n) is 7.29. The topological polar surface area (TPSA) is 84.8 Å². The molecule has 0 spiro atoms. The van der Waals surface area contributed by atoms with Crippen LogP contribution in [0.25, 0.3) is 10.9 Å². The van der Waals surface area contributed by atoms with Gasteiger partial charge in [-0.25, -0.2) is 0 Å². The van der Waals surface area contributed by atoms with Crippen molar-refractivity contribution in [2.24, 2.45) is 0 Å². The SMILES string of the molecule is N#CN1[C@H]2CC[C@@H]1[C@H](NC(=O)c1cc3cn[nH]c3cc1Cl)C2. The molecule has 1 aromatic heterocycles. The van der Waals surface area contributed by atoms with E-state index in [0.717, 1.165) is 30.2 Å². The van der Waals surface area contributed by atoms with Crippen LogP contribution in [0.2, 0.25) is 5.02 Å². The number of nitrogens with zero attached hydrogens (tertiary/aromatic N) is 3. The number of rotatable bonds is 2. The summed E-state index contributed by atoms with van der Waals surface area (Å²) in [5.74, 6) is -0.191. The molecule has 0 saturated carbocycles. The minimum Gasteiger partial charge on any atom is -0.347 e. The van der Waals surface area contributed by atoms with Gasteiger partial charge in [-0.05, 0) is 31.4 Å². The Morgan fingerprint density at radius 1 is 1.50 bits per heavy atom. The molecule has 22 heavy (non-hydrogen) atoms. The molecule has 0 unspecified atom stereocenters. The molecule has 6 nitrogen and oxygen atoms in total. The standard InChI is InChI=1S/C15H14ClN5O/c16-11-5-12-8(6-18-20-12)3-10(11)15(22)19-13-4-9-1-2-14(13)21(9)7-17/h3,5-6,9,13-14H,1-2,4H2,(H,18,20)(H,19,22)/t9-,13+,14+/m0/s1. The van der Waals surface area contributed by atoms with Gasteiger partial charge >= 0.3 is 0 Å². The Balaban J connectivity index is 1.57. The summed E-state index contributed by atoms with van der Waals surface area (Å²) in [5.41, 5.74) is 1.25. The zero-order valence-electron chi connectivity index (χ0n) is 11.7. The maximum absolute atomic E-state index is 12.5. The van der Waals surface area contributed by atoms with Crippen LogP contribution in [-0.2, 0) is 0 Å². The van der Waals surface area contributed by atoms with Crippen LogP contribution in [0.1, 0.15) is 29.6 Å². The lowest BCUT2D eigenvalue weighted by Crippen LogP contribution is -2.43. The van der Waals surface area contributed by atoms with Gasteiger partial charge in [0.05, 0.1) is 34.4 Å². The molecule has 2 aliphatic rings. The molecule has 2 bridgehead atoms. The van der Waals surface area contributed by atoms with Crippen LogP contribution in [0.15, 0.2) is 18.3 Å². The molecule has 3 atom stereocenters. The quantitative estimate of drug-likeness (QED) is 0.830. The fraction of sp³-hybridized carbons (Fsp3) is 0.400. The van der Waals surface area contributed by atoms with Gasteiger partial charge in [0, 0.05) is 11.4 Å². The molecule has 2 saturated heterocycles. The zero-order chi connectivity index (χ0) is 15.3. The predicted octanol–water partition coefficient (Wildman–Crippen LogP) is 2.03. The molecular formula is C15H14ClN5O. The number of aromatic amines is 1. The van der Waals surface area contributed by atoms with Crippen molar-refractivity contribution in [3.63, 3.8) is 0 Å². The Bertz CT molecular complexity index is 795. The molecule has 2 fully saturated rings. The van der Waals surface area contributed by atoms with Crippen LogP contribution in [0, 0.1) is 11.5 Å². The van der Waals surface area contributed by atoms with Gasteiger partial charge in [-0.3, -0.25) is 9.89 Å². The molecule has 1 amide bonds. The third-order valence-electron chi connectivity index (χ3n) is 4.74. The highest BCUT2D eigenvalue weighted by Gasteiger charge is 2.46. The Morgan fingerprint density at radius 3 is 3.14 bits per heavy atom. The lowest BCUT2D eigenvalue weighted by atomic mass is 9.95. The highest BCUT2D eigenvalue weighted by atomic mass is 35.5. The van der Waals surface area contributed by atoms with Gasteiger partial charge in [-0.1, -0.05) is 11.6 Å². The highest BCUT2D eigenvalue weighted by molar-refractivity contribution is 6.34. The molecule has 2 aromatic rings. The zero-order valence-corrected chi connectivity index (χ0v) is 12.5. The first-order valence-corrected chi connectivity index (χ1v) is 7.66. The average molecular weight is 316 g/mol. The van der Waals surface area contributed by atoms with Crippen LogP contribution in [0.3, 0.4) is 0 Å². The van der Waals surface area contributed by atoms with Gasteiger partial charge in [0.25, 0.3) is 5.91 Å². The van der Waals surface area contributed by atoms with Crippen LogP contribution < -0.4 is 5.32 Å². The summed E-state index contributed by atoms with van der Waals surface area (Å²) in [4.78, 5) is 14.4. The van der Waals surface area contributed by atoms with Crippen molar-refractivity contribution in [3.8, 4) is 6.19 Å². The number of hydrogen-bond acceptors (Lipinski definition) is 4. The number of carbonyl (C=O) groups is 1. The van der Waals surface area contributed by atoms with Gasteiger partial charge in [-0.2, -0.15) is 10.4 Å². The molecule has 2 N–H and O–H groups in total. The number of nitriles is 1. The smallest absolute Gasteiger partial charge is 0.253 e. The van der Waals surface area contributed by atoms with Crippen LogP contribution >= 0.6 is 11.6 Å². The summed E-state index contributed by atoms with van der Waals surface area (Å²) in [6.07, 6.45) is 6.73. The molecule has 2 aliphatic heterocycles. The van der Waals surface area contributed by atoms with Crippen LogP contribution in [-0.4, -0.2) is 39.1 Å². The van der Waals surface area contributed by atoms with Crippen molar-refractivity contribution >= 4 is 28.4 Å². The van der Waals surface area contributed by atoms with Crippen molar-refractivity contribution in [2.75, 3.05) is 0 Å². The summed E-state index contributed by atoms with van der Waals surface area (Å²) in [5, 5.41) is 20.2. The summed E-state index contributed by atoms with van der Waals surface area (Å²) in [6.45, 7) is 0. The maximum atomic E-state index is 12.5. The third-order valence-corrected chi connectivity index (χ3v) is 5.05. The van der Waals surface area contributed by atoms with E-state index in [1.54, 1.807) is 18.3 Å². The van der Waals surface area contributed by atoms with Gasteiger partial charge in [-0.15, -0.1) is 0 Å². The van der Waals surface area contributed by atoms with E-state index in [1.165, 1.54) is 0 Å². The van der Waals surface area contributed by atoms with E-state index in [-0.39, 0.29) is 24.0 Å². The summed E-state index contributed by atoms with van der Waals surface area (Å²) >= 11 is 6.20. The summed E-state index contributed by atoms with van der Waals surface area (Å²) in [7, 11) is 0. The summed E-state index contributed by atoms with van der Waals surface area (Å²) in [6, 6.07) is 3.86. The number of hydrogen-bond donors (Lipinski definition) is 2. The second kappa shape index (κ2) is 4.89. The van der Waals surface area contributed by atoms with Gasteiger partial charge in [0.1, 0.15) is 0 Å². The minimum absolute atomic E-state index is 0.0158. The second-order valence-electron chi connectivity index (χ2n) is 5.91. The van der Waals surface area contributed by atoms with E-state index >= 15 is 0 Å².